The van der Waals surface area contributed by atoms with E-state index in [2.05, 4.69) is 5.32 Å². The van der Waals surface area contributed by atoms with E-state index in [1.54, 1.807) is 0 Å². The van der Waals surface area contributed by atoms with Crippen LogP contribution in [0.4, 0.5) is 18.9 Å². The Labute approximate surface area is 190 Å². The SMILES string of the molecule is Cc1ccccc1[C@H](NC(=O)CN(c1cccc(C(F)(F)F)c1)S(C)(=O)=O)c1ccccc1. The summed E-state index contributed by atoms with van der Waals surface area (Å²) < 4.78 is 64.8. The van der Waals surface area contributed by atoms with Gasteiger partial charge in [0.1, 0.15) is 6.54 Å². The number of rotatable bonds is 7. The first kappa shape index (κ1) is 24.3. The quantitative estimate of drug-likeness (QED) is 0.538. The highest BCUT2D eigenvalue weighted by Gasteiger charge is 2.32. The molecule has 0 aliphatic rings. The number of nitrogens with zero attached hydrogens (tertiary/aromatic N) is 1. The largest absolute Gasteiger partial charge is 0.416 e. The van der Waals surface area contributed by atoms with Crippen LogP contribution in [0.3, 0.4) is 0 Å². The van der Waals surface area contributed by atoms with Crippen LogP contribution in [-0.4, -0.2) is 27.1 Å². The lowest BCUT2D eigenvalue weighted by Crippen LogP contribution is -2.42. The fourth-order valence-electron chi connectivity index (χ4n) is 3.47. The predicted octanol–water partition coefficient (Wildman–Crippen LogP) is 4.69. The van der Waals surface area contributed by atoms with Crippen molar-refractivity contribution in [1.82, 2.24) is 5.32 Å². The molecule has 3 aromatic rings. The molecule has 0 aliphatic heterocycles. The highest BCUT2D eigenvalue weighted by molar-refractivity contribution is 7.92. The number of benzene rings is 3. The first-order chi connectivity index (χ1) is 15.5. The van der Waals surface area contributed by atoms with Gasteiger partial charge in [0, 0.05) is 0 Å². The van der Waals surface area contributed by atoms with Crippen LogP contribution >= 0.6 is 0 Å². The Morgan fingerprint density at radius 1 is 0.970 bits per heavy atom. The van der Waals surface area contributed by atoms with E-state index in [9.17, 15) is 26.4 Å². The van der Waals surface area contributed by atoms with Gasteiger partial charge >= 0.3 is 6.18 Å². The van der Waals surface area contributed by atoms with Gasteiger partial charge in [0.05, 0.1) is 23.5 Å². The van der Waals surface area contributed by atoms with E-state index < -0.39 is 40.3 Å². The van der Waals surface area contributed by atoms with Crippen molar-refractivity contribution in [3.8, 4) is 0 Å². The highest BCUT2D eigenvalue weighted by atomic mass is 32.2. The van der Waals surface area contributed by atoms with E-state index >= 15 is 0 Å². The average molecular weight is 477 g/mol. The van der Waals surface area contributed by atoms with Gasteiger partial charge in [-0.2, -0.15) is 13.2 Å². The summed E-state index contributed by atoms with van der Waals surface area (Å²) in [6.45, 7) is 1.22. The number of carbonyl (C=O) groups is 1. The maximum atomic E-state index is 13.1. The van der Waals surface area contributed by atoms with Crippen molar-refractivity contribution < 1.29 is 26.4 Å². The third-order valence-electron chi connectivity index (χ3n) is 5.09. The zero-order valence-corrected chi connectivity index (χ0v) is 18.8. The second kappa shape index (κ2) is 9.66. The number of anilines is 1. The molecule has 0 saturated heterocycles. The van der Waals surface area contributed by atoms with Crippen LogP contribution in [0.1, 0.15) is 28.3 Å². The number of alkyl halides is 3. The number of carbonyl (C=O) groups excluding carboxylic acids is 1. The minimum absolute atomic E-state index is 0.241. The second-order valence-corrected chi connectivity index (χ2v) is 9.49. The molecule has 3 rings (SSSR count). The molecule has 0 spiro atoms. The Morgan fingerprint density at radius 3 is 2.21 bits per heavy atom. The number of aryl methyl sites for hydroxylation is 1. The van der Waals surface area contributed by atoms with Gasteiger partial charge in [0.15, 0.2) is 0 Å². The molecule has 1 N–H and O–H groups in total. The molecular formula is C24H23F3N2O3S. The summed E-state index contributed by atoms with van der Waals surface area (Å²) in [5.74, 6) is -0.657. The van der Waals surface area contributed by atoms with E-state index in [1.807, 2.05) is 61.5 Å². The van der Waals surface area contributed by atoms with Gasteiger partial charge in [0.2, 0.25) is 15.9 Å². The average Bonchev–Trinajstić information content (AvgIpc) is 2.76. The number of hydrogen-bond donors (Lipinski definition) is 1. The van der Waals surface area contributed by atoms with Gasteiger partial charge in [-0.3, -0.25) is 9.10 Å². The normalized spacial score (nSPS) is 12.8. The van der Waals surface area contributed by atoms with Crippen molar-refractivity contribution in [2.75, 3.05) is 17.1 Å². The second-order valence-electron chi connectivity index (χ2n) is 7.59. The first-order valence-corrected chi connectivity index (χ1v) is 11.9. The molecule has 5 nitrogen and oxygen atoms in total. The molecule has 9 heteroatoms. The van der Waals surface area contributed by atoms with Gasteiger partial charge in [-0.05, 0) is 41.8 Å². The molecule has 0 aromatic heterocycles. The minimum Gasteiger partial charge on any atom is -0.344 e. The molecule has 33 heavy (non-hydrogen) atoms. The molecular weight excluding hydrogens is 453 g/mol. The van der Waals surface area contributed by atoms with Gasteiger partial charge in [-0.25, -0.2) is 8.42 Å². The third-order valence-corrected chi connectivity index (χ3v) is 6.23. The Kier molecular flexibility index (Phi) is 7.12. The van der Waals surface area contributed by atoms with Crippen LogP contribution in [0.5, 0.6) is 0 Å². The van der Waals surface area contributed by atoms with Gasteiger partial charge in [-0.15, -0.1) is 0 Å². The Morgan fingerprint density at radius 2 is 1.61 bits per heavy atom. The van der Waals surface area contributed by atoms with Crippen LogP contribution in [0.25, 0.3) is 0 Å². The van der Waals surface area contributed by atoms with Crippen LogP contribution < -0.4 is 9.62 Å². The van der Waals surface area contributed by atoms with Gasteiger partial charge in [-0.1, -0.05) is 60.7 Å². The molecule has 0 saturated carbocycles. The first-order valence-electron chi connectivity index (χ1n) is 10.0. The Balaban J connectivity index is 1.93. The van der Waals surface area contributed by atoms with E-state index in [-0.39, 0.29) is 5.69 Å². The summed E-state index contributed by atoms with van der Waals surface area (Å²) in [5.41, 5.74) is 1.28. The molecule has 3 aromatic carbocycles. The fraction of sp³-hybridized carbons (Fsp3) is 0.208. The third kappa shape index (κ3) is 6.13. The van der Waals surface area contributed by atoms with Gasteiger partial charge in [0.25, 0.3) is 0 Å². The highest BCUT2D eigenvalue weighted by Crippen LogP contribution is 2.32. The van der Waals surface area contributed by atoms with E-state index in [4.69, 9.17) is 0 Å². The van der Waals surface area contributed by atoms with Crippen LogP contribution in [0, 0.1) is 6.92 Å². The summed E-state index contributed by atoms with van der Waals surface area (Å²) in [4.78, 5) is 13.0. The van der Waals surface area contributed by atoms with Crippen LogP contribution in [0.15, 0.2) is 78.9 Å². The lowest BCUT2D eigenvalue weighted by molar-refractivity contribution is -0.137. The summed E-state index contributed by atoms with van der Waals surface area (Å²) >= 11 is 0. The van der Waals surface area contributed by atoms with Gasteiger partial charge < -0.3 is 5.32 Å². The number of amides is 1. The van der Waals surface area contributed by atoms with Crippen molar-refractivity contribution >= 4 is 21.6 Å². The topological polar surface area (TPSA) is 66.5 Å². The predicted molar refractivity (Wildman–Crippen MR) is 121 cm³/mol. The van der Waals surface area contributed by atoms with E-state index in [0.29, 0.717) is 10.4 Å². The summed E-state index contributed by atoms with van der Waals surface area (Å²) in [7, 11) is -4.04. The molecule has 1 amide bonds. The van der Waals surface area contributed by atoms with E-state index in [1.165, 1.54) is 6.07 Å². The number of sulfonamides is 1. The maximum Gasteiger partial charge on any atom is 0.416 e. The number of halogens is 3. The van der Waals surface area contributed by atoms with Crippen LogP contribution in [0.2, 0.25) is 0 Å². The van der Waals surface area contributed by atoms with Crippen molar-refractivity contribution in [3.63, 3.8) is 0 Å². The summed E-state index contributed by atoms with van der Waals surface area (Å²) in [6, 6.07) is 19.9. The van der Waals surface area contributed by atoms with Crippen molar-refractivity contribution in [3.05, 3.63) is 101 Å². The lowest BCUT2D eigenvalue weighted by atomic mass is 9.95. The zero-order chi connectivity index (χ0) is 24.2. The number of nitrogens with one attached hydrogen (secondary N) is 1. The summed E-state index contributed by atoms with van der Waals surface area (Å²) in [5, 5.41) is 2.84. The Bertz CT molecular complexity index is 1230. The van der Waals surface area contributed by atoms with Crippen molar-refractivity contribution in [2.45, 2.75) is 19.1 Å². The van der Waals surface area contributed by atoms with Crippen molar-refractivity contribution in [1.29, 1.82) is 0 Å². The molecule has 174 valence electrons. The molecule has 0 bridgehead atoms. The minimum atomic E-state index is -4.65. The molecule has 0 heterocycles. The smallest absolute Gasteiger partial charge is 0.344 e. The molecule has 0 aliphatic carbocycles. The van der Waals surface area contributed by atoms with Crippen LogP contribution in [-0.2, 0) is 21.0 Å². The lowest BCUT2D eigenvalue weighted by Gasteiger charge is -2.26. The fourth-order valence-corrected chi connectivity index (χ4v) is 4.32. The van der Waals surface area contributed by atoms with E-state index in [0.717, 1.165) is 35.1 Å². The molecule has 0 unspecified atom stereocenters. The van der Waals surface area contributed by atoms with Crippen molar-refractivity contribution in [2.24, 2.45) is 0 Å². The molecule has 1 atom stereocenters. The standard InChI is InChI=1S/C24H23F3N2O3S/c1-17-9-6-7-14-21(17)23(18-10-4-3-5-11-18)28-22(30)16-29(33(2,31)32)20-13-8-12-19(15-20)24(25,26)27/h3-15,23H,16H2,1-2H3,(H,28,30)/t23-/m1/s1. The molecule has 0 radical (unpaired) electrons. The zero-order valence-electron chi connectivity index (χ0n) is 18.0. The summed E-state index contributed by atoms with van der Waals surface area (Å²) in [6.07, 6.45) is -3.80. The monoisotopic (exact) mass is 476 g/mol. The Hall–Kier alpha value is -3.33. The number of hydrogen-bond acceptors (Lipinski definition) is 3. The maximum absolute atomic E-state index is 13.1. The molecule has 0 fully saturated rings.